The predicted molar refractivity (Wildman–Crippen MR) is 76.8 cm³/mol. The molecule has 100 valence electrons. The molecule has 2 aromatic carbocycles. The van der Waals surface area contributed by atoms with Gasteiger partial charge in [0.2, 0.25) is 0 Å². The van der Waals surface area contributed by atoms with E-state index in [0.717, 1.165) is 17.4 Å². The zero-order valence-electron chi connectivity index (χ0n) is 11.1. The molecular formula is C17H14O3. The van der Waals surface area contributed by atoms with Crippen LogP contribution in [0.5, 0.6) is 11.5 Å². The largest absolute Gasteiger partial charge is 0.493 e. The molecule has 3 nitrogen and oxygen atoms in total. The number of carbonyl (C=O) groups is 1. The third-order valence-corrected chi connectivity index (χ3v) is 3.33. The van der Waals surface area contributed by atoms with Gasteiger partial charge in [-0.15, -0.1) is 0 Å². The van der Waals surface area contributed by atoms with E-state index in [9.17, 15) is 4.79 Å². The average molecular weight is 266 g/mol. The Morgan fingerprint density at radius 2 is 1.90 bits per heavy atom. The van der Waals surface area contributed by atoms with E-state index in [4.69, 9.17) is 9.47 Å². The van der Waals surface area contributed by atoms with Crippen molar-refractivity contribution in [3.63, 3.8) is 0 Å². The van der Waals surface area contributed by atoms with Gasteiger partial charge in [0.15, 0.2) is 17.6 Å². The highest BCUT2D eigenvalue weighted by atomic mass is 16.5. The standard InChI is InChI=1S/C17H14O3/c1-19-15-9-5-8-13-10-14(11-18)16(20-17(13)15)12-6-3-2-4-7-12/h2-11,16H,1H3. The molecule has 1 heterocycles. The summed E-state index contributed by atoms with van der Waals surface area (Å²) in [5.41, 5.74) is 2.41. The lowest BCUT2D eigenvalue weighted by atomic mass is 9.97. The van der Waals surface area contributed by atoms with Gasteiger partial charge in [-0.3, -0.25) is 4.79 Å². The van der Waals surface area contributed by atoms with Gasteiger partial charge in [0.05, 0.1) is 7.11 Å². The molecular weight excluding hydrogens is 252 g/mol. The van der Waals surface area contributed by atoms with Crippen molar-refractivity contribution in [3.8, 4) is 11.5 Å². The Labute approximate surface area is 117 Å². The van der Waals surface area contributed by atoms with Gasteiger partial charge in [-0.25, -0.2) is 0 Å². The third kappa shape index (κ3) is 2.07. The second-order valence-electron chi connectivity index (χ2n) is 4.55. The number of benzene rings is 2. The van der Waals surface area contributed by atoms with Crippen LogP contribution < -0.4 is 9.47 Å². The van der Waals surface area contributed by atoms with Crippen molar-refractivity contribution in [2.45, 2.75) is 6.10 Å². The van der Waals surface area contributed by atoms with Crippen LogP contribution in [0.15, 0.2) is 54.1 Å². The third-order valence-electron chi connectivity index (χ3n) is 3.33. The number of aldehydes is 1. The smallest absolute Gasteiger partial charge is 0.169 e. The molecule has 0 saturated heterocycles. The van der Waals surface area contributed by atoms with E-state index in [2.05, 4.69) is 0 Å². The Balaban J connectivity index is 2.10. The van der Waals surface area contributed by atoms with Gasteiger partial charge in [-0.05, 0) is 17.7 Å². The molecule has 0 aromatic heterocycles. The fourth-order valence-corrected chi connectivity index (χ4v) is 2.36. The molecule has 3 heteroatoms. The summed E-state index contributed by atoms with van der Waals surface area (Å²) in [5.74, 6) is 1.35. The van der Waals surface area contributed by atoms with E-state index in [1.165, 1.54) is 0 Å². The van der Waals surface area contributed by atoms with E-state index in [1.54, 1.807) is 7.11 Å². The van der Waals surface area contributed by atoms with Gasteiger partial charge in [0.25, 0.3) is 0 Å². The summed E-state index contributed by atoms with van der Waals surface area (Å²) in [5, 5.41) is 0. The minimum absolute atomic E-state index is 0.391. The number of hydrogen-bond acceptors (Lipinski definition) is 3. The molecule has 0 N–H and O–H groups in total. The van der Waals surface area contributed by atoms with E-state index in [1.807, 2.05) is 54.6 Å². The van der Waals surface area contributed by atoms with Crippen molar-refractivity contribution in [1.29, 1.82) is 0 Å². The second-order valence-corrected chi connectivity index (χ2v) is 4.55. The van der Waals surface area contributed by atoms with Crippen LogP contribution >= 0.6 is 0 Å². The molecule has 0 saturated carbocycles. The monoisotopic (exact) mass is 266 g/mol. The summed E-state index contributed by atoms with van der Waals surface area (Å²) in [6.45, 7) is 0. The fraction of sp³-hybridized carbons (Fsp3) is 0.118. The van der Waals surface area contributed by atoms with Gasteiger partial charge < -0.3 is 9.47 Å². The van der Waals surface area contributed by atoms with E-state index >= 15 is 0 Å². The lowest BCUT2D eigenvalue weighted by Gasteiger charge is -2.26. The summed E-state index contributed by atoms with van der Waals surface area (Å²) in [7, 11) is 1.61. The lowest BCUT2D eigenvalue weighted by molar-refractivity contribution is -0.105. The minimum Gasteiger partial charge on any atom is -0.493 e. The first-order chi connectivity index (χ1) is 9.83. The maximum absolute atomic E-state index is 11.3. The topological polar surface area (TPSA) is 35.5 Å². The van der Waals surface area contributed by atoms with Crippen LogP contribution in [0.25, 0.3) is 6.08 Å². The van der Waals surface area contributed by atoms with Crippen molar-refractivity contribution in [2.75, 3.05) is 7.11 Å². The molecule has 3 rings (SSSR count). The SMILES string of the molecule is COc1cccc2c1OC(c1ccccc1)C(C=O)=C2. The normalized spacial score (nSPS) is 16.6. The highest BCUT2D eigenvalue weighted by Crippen LogP contribution is 2.41. The molecule has 1 atom stereocenters. The summed E-state index contributed by atoms with van der Waals surface area (Å²) in [4.78, 5) is 11.3. The Bertz CT molecular complexity index is 659. The van der Waals surface area contributed by atoms with Gasteiger partial charge in [-0.2, -0.15) is 0 Å². The minimum atomic E-state index is -0.391. The highest BCUT2D eigenvalue weighted by Gasteiger charge is 2.26. The molecule has 0 radical (unpaired) electrons. The maximum atomic E-state index is 11.3. The quantitative estimate of drug-likeness (QED) is 0.799. The van der Waals surface area contributed by atoms with Crippen LogP contribution in [0.1, 0.15) is 17.2 Å². The van der Waals surface area contributed by atoms with Gasteiger partial charge in [0, 0.05) is 11.1 Å². The summed E-state index contributed by atoms with van der Waals surface area (Å²) in [6, 6.07) is 15.3. The number of ether oxygens (including phenoxy) is 2. The molecule has 1 aliphatic heterocycles. The molecule has 0 bridgehead atoms. The molecule has 0 amide bonds. The number of para-hydroxylation sites is 1. The number of hydrogen-bond donors (Lipinski definition) is 0. The van der Waals surface area contributed by atoms with E-state index in [-0.39, 0.29) is 0 Å². The number of carbonyl (C=O) groups excluding carboxylic acids is 1. The van der Waals surface area contributed by atoms with Crippen molar-refractivity contribution >= 4 is 12.4 Å². The summed E-state index contributed by atoms with van der Waals surface area (Å²) in [6.07, 6.45) is 2.31. The predicted octanol–water partition coefficient (Wildman–Crippen LogP) is 3.41. The average Bonchev–Trinajstić information content (AvgIpc) is 2.53. The Morgan fingerprint density at radius 1 is 1.10 bits per heavy atom. The Morgan fingerprint density at radius 3 is 2.60 bits per heavy atom. The van der Waals surface area contributed by atoms with E-state index < -0.39 is 6.10 Å². The van der Waals surface area contributed by atoms with Crippen LogP contribution in [0.4, 0.5) is 0 Å². The highest BCUT2D eigenvalue weighted by molar-refractivity contribution is 5.86. The molecule has 1 unspecified atom stereocenters. The van der Waals surface area contributed by atoms with Crippen molar-refractivity contribution in [1.82, 2.24) is 0 Å². The number of fused-ring (bicyclic) bond motifs is 1. The zero-order chi connectivity index (χ0) is 13.9. The van der Waals surface area contributed by atoms with Crippen molar-refractivity contribution < 1.29 is 14.3 Å². The number of methoxy groups -OCH3 is 1. The first kappa shape index (κ1) is 12.5. The molecule has 0 spiro atoms. The molecule has 20 heavy (non-hydrogen) atoms. The van der Waals surface area contributed by atoms with Crippen LogP contribution in [-0.4, -0.2) is 13.4 Å². The molecule has 2 aromatic rings. The van der Waals surface area contributed by atoms with E-state index in [0.29, 0.717) is 17.1 Å². The van der Waals surface area contributed by atoms with Gasteiger partial charge >= 0.3 is 0 Å². The van der Waals surface area contributed by atoms with Crippen LogP contribution in [0.2, 0.25) is 0 Å². The fourth-order valence-electron chi connectivity index (χ4n) is 2.36. The van der Waals surface area contributed by atoms with Crippen molar-refractivity contribution in [3.05, 3.63) is 65.2 Å². The summed E-state index contributed by atoms with van der Waals surface area (Å²) < 4.78 is 11.3. The van der Waals surface area contributed by atoms with Crippen LogP contribution in [-0.2, 0) is 4.79 Å². The maximum Gasteiger partial charge on any atom is 0.169 e. The van der Waals surface area contributed by atoms with Crippen LogP contribution in [0.3, 0.4) is 0 Å². The molecule has 0 fully saturated rings. The molecule has 1 aliphatic rings. The molecule has 0 aliphatic carbocycles. The zero-order valence-corrected chi connectivity index (χ0v) is 11.1. The lowest BCUT2D eigenvalue weighted by Crippen LogP contribution is -2.16. The first-order valence-electron chi connectivity index (χ1n) is 6.39. The van der Waals surface area contributed by atoms with Gasteiger partial charge in [0.1, 0.15) is 6.29 Å². The first-order valence-corrected chi connectivity index (χ1v) is 6.39. The Hall–Kier alpha value is -2.55. The van der Waals surface area contributed by atoms with Crippen LogP contribution in [0, 0.1) is 0 Å². The van der Waals surface area contributed by atoms with Gasteiger partial charge in [-0.1, -0.05) is 42.5 Å². The van der Waals surface area contributed by atoms with Crippen molar-refractivity contribution in [2.24, 2.45) is 0 Å². The second kappa shape index (κ2) is 5.21. The number of rotatable bonds is 3. The summed E-state index contributed by atoms with van der Waals surface area (Å²) >= 11 is 0. The Kier molecular flexibility index (Phi) is 3.25.